The molecule has 4 rings (SSSR count). The van der Waals surface area contributed by atoms with Crippen molar-refractivity contribution in [1.29, 1.82) is 0 Å². The number of carbonyl (C=O) groups is 1. The van der Waals surface area contributed by atoms with E-state index in [9.17, 15) is 4.79 Å². The van der Waals surface area contributed by atoms with E-state index in [0.717, 1.165) is 42.8 Å². The number of hydrogen-bond acceptors (Lipinski definition) is 6. The van der Waals surface area contributed by atoms with Gasteiger partial charge in [-0.1, -0.05) is 56.8 Å². The largest absolute Gasteiger partial charge is 0.486 e. The lowest BCUT2D eigenvalue weighted by atomic mass is 9.87. The summed E-state index contributed by atoms with van der Waals surface area (Å²) >= 11 is 1.50. The van der Waals surface area contributed by atoms with Crippen molar-refractivity contribution in [2.45, 2.75) is 56.5 Å². The average molecular weight is 466 g/mol. The second-order valence-electron chi connectivity index (χ2n) is 9.32. The van der Waals surface area contributed by atoms with Gasteiger partial charge in [-0.05, 0) is 53.6 Å². The van der Waals surface area contributed by atoms with Crippen molar-refractivity contribution in [1.82, 2.24) is 19.8 Å². The van der Waals surface area contributed by atoms with Gasteiger partial charge in [0, 0.05) is 24.4 Å². The Bertz CT molecular complexity index is 1080. The van der Waals surface area contributed by atoms with Gasteiger partial charge < -0.3 is 15.5 Å². The zero-order valence-corrected chi connectivity index (χ0v) is 20.3. The highest BCUT2D eigenvalue weighted by atomic mass is 32.2. The van der Waals surface area contributed by atoms with Gasteiger partial charge in [0.15, 0.2) is 5.82 Å². The molecule has 1 aliphatic heterocycles. The van der Waals surface area contributed by atoms with E-state index in [-0.39, 0.29) is 17.9 Å². The summed E-state index contributed by atoms with van der Waals surface area (Å²) in [6, 6.07) is 15.8. The smallest absolute Gasteiger partial charge is 0.253 e. The van der Waals surface area contributed by atoms with E-state index in [4.69, 9.17) is 10.6 Å². The SMILES string of the molecule is CC(C)(C)c1ccc(OCc2nnc(SCc3ccc(C(=O)N4CCCC4)cc3)n2N)cc1. The number of nitrogens with two attached hydrogens (primary N) is 1. The molecule has 1 aliphatic rings. The Morgan fingerprint density at radius 1 is 1.03 bits per heavy atom. The Labute approximate surface area is 199 Å². The van der Waals surface area contributed by atoms with E-state index in [1.165, 1.54) is 22.0 Å². The van der Waals surface area contributed by atoms with Crippen LogP contribution in [0, 0.1) is 0 Å². The number of carbonyl (C=O) groups excluding carboxylic acids is 1. The summed E-state index contributed by atoms with van der Waals surface area (Å²) in [4.78, 5) is 14.4. The summed E-state index contributed by atoms with van der Waals surface area (Å²) in [7, 11) is 0. The molecule has 1 aromatic heterocycles. The first-order valence-corrected chi connectivity index (χ1v) is 12.2. The highest BCUT2D eigenvalue weighted by molar-refractivity contribution is 7.98. The van der Waals surface area contributed by atoms with Gasteiger partial charge >= 0.3 is 0 Å². The molecule has 1 amide bonds. The summed E-state index contributed by atoms with van der Waals surface area (Å²) in [6.45, 7) is 8.50. The molecule has 2 aromatic carbocycles. The van der Waals surface area contributed by atoms with E-state index in [0.29, 0.717) is 16.7 Å². The predicted molar refractivity (Wildman–Crippen MR) is 131 cm³/mol. The number of rotatable bonds is 7. The Hall–Kier alpha value is -3.00. The third kappa shape index (κ3) is 5.68. The summed E-state index contributed by atoms with van der Waals surface area (Å²) in [5.74, 6) is 8.31. The number of thioether (sulfide) groups is 1. The average Bonchev–Trinajstić information content (AvgIpc) is 3.46. The van der Waals surface area contributed by atoms with E-state index < -0.39 is 0 Å². The molecule has 7 nitrogen and oxygen atoms in total. The Morgan fingerprint density at radius 2 is 1.70 bits per heavy atom. The summed E-state index contributed by atoms with van der Waals surface area (Å²) in [5.41, 5.74) is 3.19. The van der Waals surface area contributed by atoms with Gasteiger partial charge in [0.25, 0.3) is 5.91 Å². The van der Waals surface area contributed by atoms with Gasteiger partial charge in [-0.15, -0.1) is 10.2 Å². The van der Waals surface area contributed by atoms with Crippen LogP contribution < -0.4 is 10.6 Å². The molecular formula is C25H31N5O2S. The number of likely N-dealkylation sites (tertiary alicyclic amines) is 1. The minimum Gasteiger partial charge on any atom is -0.486 e. The molecule has 0 radical (unpaired) electrons. The van der Waals surface area contributed by atoms with Gasteiger partial charge in [-0.3, -0.25) is 4.79 Å². The van der Waals surface area contributed by atoms with Crippen molar-refractivity contribution in [3.8, 4) is 5.75 Å². The number of benzene rings is 2. The van der Waals surface area contributed by atoms with Crippen LogP contribution in [0.15, 0.2) is 53.7 Å². The van der Waals surface area contributed by atoms with E-state index >= 15 is 0 Å². The number of nitrogen functional groups attached to an aromatic ring is 1. The van der Waals surface area contributed by atoms with Gasteiger partial charge in [-0.2, -0.15) is 0 Å². The van der Waals surface area contributed by atoms with Crippen LogP contribution in [0.2, 0.25) is 0 Å². The van der Waals surface area contributed by atoms with Crippen LogP contribution in [-0.4, -0.2) is 38.8 Å². The van der Waals surface area contributed by atoms with E-state index in [1.807, 2.05) is 41.3 Å². The molecule has 3 aromatic rings. The molecule has 0 atom stereocenters. The van der Waals surface area contributed by atoms with Gasteiger partial charge in [0.05, 0.1) is 0 Å². The minimum absolute atomic E-state index is 0.103. The van der Waals surface area contributed by atoms with E-state index in [2.05, 4.69) is 43.1 Å². The molecule has 0 bridgehead atoms. The Kier molecular flexibility index (Phi) is 6.93. The second-order valence-corrected chi connectivity index (χ2v) is 10.3. The van der Waals surface area contributed by atoms with E-state index in [1.54, 1.807) is 0 Å². The fourth-order valence-corrected chi connectivity index (χ4v) is 4.53. The van der Waals surface area contributed by atoms with Crippen LogP contribution in [0.5, 0.6) is 5.75 Å². The van der Waals surface area contributed by atoms with Crippen molar-refractivity contribution >= 4 is 17.7 Å². The Balaban J connectivity index is 1.30. The van der Waals surface area contributed by atoms with Crippen molar-refractivity contribution in [3.05, 3.63) is 71.0 Å². The quantitative estimate of drug-likeness (QED) is 0.411. The minimum atomic E-state index is 0.103. The molecule has 8 heteroatoms. The number of hydrogen-bond donors (Lipinski definition) is 1. The molecule has 174 valence electrons. The standard InChI is InChI=1S/C25H31N5O2S/c1-25(2,3)20-10-12-21(13-11-20)32-16-22-27-28-24(30(22)26)33-17-18-6-8-19(9-7-18)23(31)29-14-4-5-15-29/h6-13H,4-5,14-17,26H2,1-3H3. The predicted octanol–water partition coefficient (Wildman–Crippen LogP) is 4.40. The maximum atomic E-state index is 12.5. The van der Waals surface area contributed by atoms with Crippen LogP contribution in [-0.2, 0) is 17.8 Å². The maximum absolute atomic E-state index is 12.5. The Morgan fingerprint density at radius 3 is 2.33 bits per heavy atom. The highest BCUT2D eigenvalue weighted by Crippen LogP contribution is 2.25. The molecule has 0 unspecified atom stereocenters. The number of ether oxygens (including phenoxy) is 1. The third-order valence-electron chi connectivity index (χ3n) is 5.79. The van der Waals surface area contributed by atoms with Gasteiger partial charge in [-0.25, -0.2) is 4.68 Å². The third-order valence-corrected chi connectivity index (χ3v) is 6.80. The molecular weight excluding hydrogens is 434 g/mol. The van der Waals surface area contributed by atoms with Crippen LogP contribution in [0.25, 0.3) is 0 Å². The zero-order chi connectivity index (χ0) is 23.4. The lowest BCUT2D eigenvalue weighted by molar-refractivity contribution is 0.0793. The van der Waals surface area contributed by atoms with Crippen molar-refractivity contribution in [2.75, 3.05) is 18.9 Å². The number of amides is 1. The summed E-state index contributed by atoms with van der Waals surface area (Å²) in [6.07, 6.45) is 2.19. The molecule has 33 heavy (non-hydrogen) atoms. The zero-order valence-electron chi connectivity index (χ0n) is 19.5. The first-order chi connectivity index (χ1) is 15.8. The second kappa shape index (κ2) is 9.87. The molecule has 1 saturated heterocycles. The number of aromatic nitrogens is 3. The topological polar surface area (TPSA) is 86.3 Å². The molecule has 0 saturated carbocycles. The fourth-order valence-electron chi connectivity index (χ4n) is 3.70. The van der Waals surface area contributed by atoms with Crippen LogP contribution in [0.4, 0.5) is 0 Å². The molecule has 0 spiro atoms. The first kappa shape index (κ1) is 23.2. The van der Waals surface area contributed by atoms with Crippen LogP contribution >= 0.6 is 11.8 Å². The first-order valence-electron chi connectivity index (χ1n) is 11.2. The lowest BCUT2D eigenvalue weighted by Crippen LogP contribution is -2.27. The maximum Gasteiger partial charge on any atom is 0.253 e. The van der Waals surface area contributed by atoms with Crippen molar-refractivity contribution in [3.63, 3.8) is 0 Å². The molecule has 2 heterocycles. The fraction of sp³-hybridized carbons (Fsp3) is 0.400. The molecule has 1 fully saturated rings. The monoisotopic (exact) mass is 465 g/mol. The normalized spacial score (nSPS) is 14.0. The lowest BCUT2D eigenvalue weighted by Gasteiger charge is -2.19. The van der Waals surface area contributed by atoms with Crippen LogP contribution in [0.1, 0.15) is 60.9 Å². The van der Waals surface area contributed by atoms with Crippen molar-refractivity contribution < 1.29 is 9.53 Å². The molecule has 2 N–H and O–H groups in total. The van der Waals surface area contributed by atoms with Gasteiger partial charge in [0.2, 0.25) is 5.16 Å². The summed E-state index contributed by atoms with van der Waals surface area (Å²) < 4.78 is 7.32. The van der Waals surface area contributed by atoms with Gasteiger partial charge in [0.1, 0.15) is 12.4 Å². The van der Waals surface area contributed by atoms with Crippen LogP contribution in [0.3, 0.4) is 0 Å². The highest BCUT2D eigenvalue weighted by Gasteiger charge is 2.19. The molecule has 0 aliphatic carbocycles. The summed E-state index contributed by atoms with van der Waals surface area (Å²) in [5, 5.41) is 8.99. The van der Waals surface area contributed by atoms with Crippen molar-refractivity contribution in [2.24, 2.45) is 0 Å². The number of nitrogens with zero attached hydrogens (tertiary/aromatic N) is 4.